The predicted octanol–water partition coefficient (Wildman–Crippen LogP) is 4.26. The lowest BCUT2D eigenvalue weighted by Crippen LogP contribution is -1.82. The second-order valence-corrected chi connectivity index (χ2v) is 5.06. The zero-order valence-electron chi connectivity index (χ0n) is 6.39. The van der Waals surface area contributed by atoms with E-state index in [1.165, 1.54) is 0 Å². The molecule has 0 radical (unpaired) electrons. The maximum absolute atomic E-state index is 6.11. The number of halogens is 3. The first-order chi connectivity index (χ1) is 6.18. The Hall–Kier alpha value is 0.130. The highest BCUT2D eigenvalue weighted by Crippen LogP contribution is 2.30. The number of hydrogen-bond acceptors (Lipinski definition) is 1. The average Bonchev–Trinajstić information content (AvgIpc) is 2.12. The van der Waals surface area contributed by atoms with E-state index in [0.29, 0.717) is 0 Å². The van der Waals surface area contributed by atoms with Crippen LogP contribution in [0.2, 0.25) is 5.02 Å². The minimum atomic E-state index is 0.725. The standard InChI is InChI=1S/C9H4BrClIN/c10-7-4-13-8-2-1-5(12)3-6(8)9(7)11/h1-4H. The van der Waals surface area contributed by atoms with Gasteiger partial charge >= 0.3 is 0 Å². The van der Waals surface area contributed by atoms with E-state index in [4.69, 9.17) is 11.6 Å². The number of aromatic nitrogens is 1. The SMILES string of the molecule is Clc1c(Br)cnc2ccc(I)cc12. The van der Waals surface area contributed by atoms with Gasteiger partial charge in [-0.15, -0.1) is 0 Å². The van der Waals surface area contributed by atoms with Crippen molar-refractivity contribution < 1.29 is 0 Å². The van der Waals surface area contributed by atoms with E-state index in [-0.39, 0.29) is 0 Å². The summed E-state index contributed by atoms with van der Waals surface area (Å²) in [5.74, 6) is 0. The molecule has 1 nitrogen and oxygen atoms in total. The fourth-order valence-corrected chi connectivity index (χ4v) is 2.12. The van der Waals surface area contributed by atoms with Crippen LogP contribution < -0.4 is 0 Å². The molecule has 0 unspecified atom stereocenters. The summed E-state index contributed by atoms with van der Waals surface area (Å²) in [5.41, 5.74) is 0.925. The fourth-order valence-electron chi connectivity index (χ4n) is 1.11. The van der Waals surface area contributed by atoms with Gasteiger partial charge < -0.3 is 0 Å². The summed E-state index contributed by atoms with van der Waals surface area (Å²) in [6.45, 7) is 0. The molecule has 0 saturated carbocycles. The largest absolute Gasteiger partial charge is 0.255 e. The lowest BCUT2D eigenvalue weighted by Gasteiger charge is -2.01. The zero-order chi connectivity index (χ0) is 9.42. The maximum Gasteiger partial charge on any atom is 0.0718 e. The Bertz CT molecular complexity index is 467. The van der Waals surface area contributed by atoms with Crippen molar-refractivity contribution in [2.75, 3.05) is 0 Å². The predicted molar refractivity (Wildman–Crippen MR) is 67.2 cm³/mol. The third-order valence-corrected chi connectivity index (χ3v) is 3.63. The molecule has 66 valence electrons. The minimum Gasteiger partial charge on any atom is -0.255 e. The van der Waals surface area contributed by atoms with E-state index in [0.717, 1.165) is 24.0 Å². The topological polar surface area (TPSA) is 12.9 Å². The highest BCUT2D eigenvalue weighted by atomic mass is 127. The molecule has 0 saturated heterocycles. The molecule has 0 aliphatic heterocycles. The summed E-state index contributed by atoms with van der Waals surface area (Å²) in [5, 5.41) is 1.71. The van der Waals surface area contributed by atoms with Crippen LogP contribution in [0, 0.1) is 3.57 Å². The summed E-state index contributed by atoms with van der Waals surface area (Å²) >= 11 is 11.7. The Morgan fingerprint density at radius 3 is 2.92 bits per heavy atom. The van der Waals surface area contributed by atoms with Crippen molar-refractivity contribution in [3.63, 3.8) is 0 Å². The van der Waals surface area contributed by atoms with Gasteiger partial charge in [0.15, 0.2) is 0 Å². The first-order valence-electron chi connectivity index (χ1n) is 3.58. The van der Waals surface area contributed by atoms with Crippen molar-refractivity contribution in [1.29, 1.82) is 0 Å². The van der Waals surface area contributed by atoms with Crippen LogP contribution in [-0.2, 0) is 0 Å². The molecule has 1 aromatic carbocycles. The monoisotopic (exact) mass is 367 g/mol. The van der Waals surface area contributed by atoms with Gasteiger partial charge in [-0.05, 0) is 56.7 Å². The minimum absolute atomic E-state index is 0.725. The van der Waals surface area contributed by atoms with E-state index >= 15 is 0 Å². The van der Waals surface area contributed by atoms with Crippen LogP contribution in [0.5, 0.6) is 0 Å². The molecule has 2 aromatic rings. The highest BCUT2D eigenvalue weighted by molar-refractivity contribution is 14.1. The van der Waals surface area contributed by atoms with Gasteiger partial charge in [0, 0.05) is 15.2 Å². The quantitative estimate of drug-likeness (QED) is 0.634. The van der Waals surface area contributed by atoms with Gasteiger partial charge in [-0.2, -0.15) is 0 Å². The lowest BCUT2D eigenvalue weighted by molar-refractivity contribution is 1.39. The molecule has 0 N–H and O–H groups in total. The number of benzene rings is 1. The lowest BCUT2D eigenvalue weighted by atomic mass is 10.2. The van der Waals surface area contributed by atoms with Crippen LogP contribution in [0.15, 0.2) is 28.9 Å². The summed E-state index contributed by atoms with van der Waals surface area (Å²) in [7, 11) is 0. The van der Waals surface area contributed by atoms with Crippen LogP contribution >= 0.6 is 50.1 Å². The molecular weight excluding hydrogens is 364 g/mol. The highest BCUT2D eigenvalue weighted by Gasteiger charge is 2.04. The molecule has 0 amide bonds. The molecule has 0 fully saturated rings. The van der Waals surface area contributed by atoms with Crippen LogP contribution in [0.25, 0.3) is 10.9 Å². The van der Waals surface area contributed by atoms with E-state index in [2.05, 4.69) is 43.5 Å². The van der Waals surface area contributed by atoms with E-state index in [1.54, 1.807) is 6.20 Å². The van der Waals surface area contributed by atoms with Crippen molar-refractivity contribution in [2.24, 2.45) is 0 Å². The van der Waals surface area contributed by atoms with Gasteiger partial charge in [0.2, 0.25) is 0 Å². The zero-order valence-corrected chi connectivity index (χ0v) is 10.9. The van der Waals surface area contributed by atoms with Crippen LogP contribution in [0.1, 0.15) is 0 Å². The average molecular weight is 368 g/mol. The molecule has 1 heterocycles. The van der Waals surface area contributed by atoms with E-state index in [1.807, 2.05) is 18.2 Å². The Labute approximate surface area is 103 Å². The number of pyridine rings is 1. The summed E-state index contributed by atoms with van der Waals surface area (Å²) in [4.78, 5) is 4.25. The molecule has 4 heteroatoms. The molecule has 13 heavy (non-hydrogen) atoms. The number of fused-ring (bicyclic) bond motifs is 1. The summed E-state index contributed by atoms with van der Waals surface area (Å²) in [6.07, 6.45) is 1.72. The molecule has 2 rings (SSSR count). The Balaban J connectivity index is 2.89. The third-order valence-electron chi connectivity index (χ3n) is 1.72. The van der Waals surface area contributed by atoms with Crippen molar-refractivity contribution in [3.8, 4) is 0 Å². The smallest absolute Gasteiger partial charge is 0.0718 e. The van der Waals surface area contributed by atoms with E-state index in [9.17, 15) is 0 Å². The van der Waals surface area contributed by atoms with Crippen molar-refractivity contribution in [2.45, 2.75) is 0 Å². The maximum atomic E-state index is 6.11. The Morgan fingerprint density at radius 1 is 1.38 bits per heavy atom. The van der Waals surface area contributed by atoms with Gasteiger partial charge in [-0.25, -0.2) is 0 Å². The Kier molecular flexibility index (Phi) is 2.76. The fraction of sp³-hybridized carbons (Fsp3) is 0. The van der Waals surface area contributed by atoms with Crippen molar-refractivity contribution in [3.05, 3.63) is 37.5 Å². The Morgan fingerprint density at radius 2 is 2.15 bits per heavy atom. The van der Waals surface area contributed by atoms with Crippen molar-refractivity contribution in [1.82, 2.24) is 4.98 Å². The molecule has 0 spiro atoms. The number of rotatable bonds is 0. The molecular formula is C9H4BrClIN. The van der Waals surface area contributed by atoms with Crippen molar-refractivity contribution >= 4 is 61.0 Å². The summed E-state index contributed by atoms with van der Waals surface area (Å²) < 4.78 is 2.00. The normalized spacial score (nSPS) is 10.7. The van der Waals surface area contributed by atoms with Gasteiger partial charge in [0.25, 0.3) is 0 Å². The van der Waals surface area contributed by atoms with Gasteiger partial charge in [0.05, 0.1) is 15.0 Å². The molecule has 0 aliphatic rings. The van der Waals surface area contributed by atoms with E-state index < -0.39 is 0 Å². The van der Waals surface area contributed by atoms with Crippen LogP contribution in [-0.4, -0.2) is 4.98 Å². The van der Waals surface area contributed by atoms with Gasteiger partial charge in [-0.1, -0.05) is 11.6 Å². The number of nitrogens with zero attached hydrogens (tertiary/aromatic N) is 1. The second kappa shape index (κ2) is 3.71. The van der Waals surface area contributed by atoms with Crippen LogP contribution in [0.3, 0.4) is 0 Å². The molecule has 0 bridgehead atoms. The van der Waals surface area contributed by atoms with Gasteiger partial charge in [-0.3, -0.25) is 4.98 Å². The number of hydrogen-bond donors (Lipinski definition) is 0. The molecule has 0 aliphatic carbocycles. The summed E-state index contributed by atoms with van der Waals surface area (Å²) in [6, 6.07) is 6.01. The first-order valence-corrected chi connectivity index (χ1v) is 5.83. The molecule has 0 atom stereocenters. The third kappa shape index (κ3) is 1.82. The first kappa shape index (κ1) is 9.68. The van der Waals surface area contributed by atoms with Crippen LogP contribution in [0.4, 0.5) is 0 Å². The van der Waals surface area contributed by atoms with Gasteiger partial charge in [0.1, 0.15) is 0 Å². The molecule has 1 aromatic heterocycles. The second-order valence-electron chi connectivity index (χ2n) is 2.58.